The second kappa shape index (κ2) is 7.49. The normalized spacial score (nSPS) is 22.4. The van der Waals surface area contributed by atoms with Gasteiger partial charge < -0.3 is 15.1 Å². The van der Waals surface area contributed by atoms with Crippen LogP contribution in [-0.4, -0.2) is 53.9 Å². The van der Waals surface area contributed by atoms with Gasteiger partial charge in [-0.15, -0.1) is 0 Å². The first kappa shape index (κ1) is 18.3. The van der Waals surface area contributed by atoms with E-state index in [0.717, 1.165) is 44.8 Å². The Morgan fingerprint density at radius 3 is 2.33 bits per heavy atom. The van der Waals surface area contributed by atoms with Gasteiger partial charge in [-0.2, -0.15) is 0 Å². The Morgan fingerprint density at radius 1 is 1.04 bits per heavy atom. The fraction of sp³-hybridized carbons (Fsp3) is 0.667. The van der Waals surface area contributed by atoms with Gasteiger partial charge in [-0.05, 0) is 69.4 Å². The third kappa shape index (κ3) is 4.09. The summed E-state index contributed by atoms with van der Waals surface area (Å²) in [5.74, 6) is 0.721. The fourth-order valence-corrected chi connectivity index (χ4v) is 4.32. The molecule has 27 heavy (non-hydrogen) atoms. The van der Waals surface area contributed by atoms with E-state index in [2.05, 4.69) is 15.2 Å². The molecule has 6 nitrogen and oxygen atoms in total. The molecule has 2 amide bonds. The van der Waals surface area contributed by atoms with Crippen molar-refractivity contribution in [3.8, 4) is 0 Å². The second-order valence-electron chi connectivity index (χ2n) is 8.47. The molecular weight excluding hydrogens is 340 g/mol. The van der Waals surface area contributed by atoms with Crippen LogP contribution in [0, 0.1) is 5.41 Å². The van der Waals surface area contributed by atoms with Crippen LogP contribution in [0.15, 0.2) is 18.3 Å². The van der Waals surface area contributed by atoms with Crippen LogP contribution in [0.1, 0.15) is 62.2 Å². The lowest BCUT2D eigenvalue weighted by Gasteiger charge is -2.33. The highest BCUT2D eigenvalue weighted by Crippen LogP contribution is 2.53. The SMILES string of the molecule is CC(NC(=O)c1ccc(N2CCCCC2)nc1)C(=O)N1CCC2(CC1)CC2. The second-order valence-corrected chi connectivity index (χ2v) is 8.47. The maximum Gasteiger partial charge on any atom is 0.253 e. The van der Waals surface area contributed by atoms with Crippen LogP contribution in [0.5, 0.6) is 0 Å². The average molecular weight is 370 g/mol. The molecule has 1 spiro atoms. The minimum Gasteiger partial charge on any atom is -0.357 e. The summed E-state index contributed by atoms with van der Waals surface area (Å²) in [5, 5.41) is 2.84. The minimum atomic E-state index is -0.507. The zero-order valence-corrected chi connectivity index (χ0v) is 16.2. The third-order valence-corrected chi connectivity index (χ3v) is 6.50. The third-order valence-electron chi connectivity index (χ3n) is 6.50. The summed E-state index contributed by atoms with van der Waals surface area (Å²) in [4.78, 5) is 33.8. The number of hydrogen-bond donors (Lipinski definition) is 1. The molecule has 146 valence electrons. The number of carbonyl (C=O) groups excluding carboxylic acids is 2. The van der Waals surface area contributed by atoms with E-state index in [4.69, 9.17) is 0 Å². The van der Waals surface area contributed by atoms with Crippen molar-refractivity contribution in [2.45, 2.75) is 57.9 Å². The number of amides is 2. The van der Waals surface area contributed by atoms with Gasteiger partial charge in [0.15, 0.2) is 0 Å². The van der Waals surface area contributed by atoms with Gasteiger partial charge in [-0.25, -0.2) is 4.98 Å². The number of nitrogens with one attached hydrogen (secondary N) is 1. The first-order chi connectivity index (χ1) is 13.1. The largest absolute Gasteiger partial charge is 0.357 e. The van der Waals surface area contributed by atoms with Crippen LogP contribution in [0.25, 0.3) is 0 Å². The highest BCUT2D eigenvalue weighted by atomic mass is 16.2. The lowest BCUT2D eigenvalue weighted by Crippen LogP contribution is -2.49. The average Bonchev–Trinajstić information content (AvgIpc) is 3.47. The van der Waals surface area contributed by atoms with Crippen molar-refractivity contribution in [2.75, 3.05) is 31.1 Å². The van der Waals surface area contributed by atoms with Crippen molar-refractivity contribution < 1.29 is 9.59 Å². The summed E-state index contributed by atoms with van der Waals surface area (Å²) in [5.41, 5.74) is 1.05. The van der Waals surface area contributed by atoms with Crippen molar-refractivity contribution >= 4 is 17.6 Å². The quantitative estimate of drug-likeness (QED) is 0.885. The number of pyridine rings is 1. The molecule has 0 radical (unpaired) electrons. The zero-order chi connectivity index (χ0) is 18.9. The molecule has 1 aromatic heterocycles. The molecule has 0 aromatic carbocycles. The number of aromatic nitrogens is 1. The molecule has 3 aliphatic rings. The van der Waals surface area contributed by atoms with Gasteiger partial charge in [0.2, 0.25) is 5.91 Å². The Bertz CT molecular complexity index is 683. The van der Waals surface area contributed by atoms with Crippen LogP contribution in [-0.2, 0) is 4.79 Å². The molecule has 3 fully saturated rings. The molecule has 2 aliphatic heterocycles. The topological polar surface area (TPSA) is 65.5 Å². The lowest BCUT2D eigenvalue weighted by atomic mass is 9.93. The first-order valence-corrected chi connectivity index (χ1v) is 10.4. The predicted molar refractivity (Wildman–Crippen MR) is 105 cm³/mol. The number of likely N-dealkylation sites (tertiary alicyclic amines) is 1. The van der Waals surface area contributed by atoms with Crippen molar-refractivity contribution in [3.05, 3.63) is 23.9 Å². The van der Waals surface area contributed by atoms with E-state index in [0.29, 0.717) is 11.0 Å². The molecule has 0 bridgehead atoms. The number of carbonyl (C=O) groups is 2. The molecule has 1 unspecified atom stereocenters. The Labute approximate surface area is 161 Å². The standard InChI is InChI=1S/C21H30N4O2/c1-16(20(27)25-13-9-21(7-8-21)10-14-25)23-19(26)17-5-6-18(22-15-17)24-11-3-2-4-12-24/h5-6,15-16H,2-4,7-14H2,1H3,(H,23,26). The summed E-state index contributed by atoms with van der Waals surface area (Å²) < 4.78 is 0. The van der Waals surface area contributed by atoms with E-state index in [9.17, 15) is 9.59 Å². The van der Waals surface area contributed by atoms with Crippen molar-refractivity contribution in [2.24, 2.45) is 5.41 Å². The van der Waals surface area contributed by atoms with Gasteiger partial charge in [-0.1, -0.05) is 0 Å². The number of hydrogen-bond acceptors (Lipinski definition) is 4. The van der Waals surface area contributed by atoms with E-state index < -0.39 is 6.04 Å². The number of piperidine rings is 2. The monoisotopic (exact) mass is 370 g/mol. The summed E-state index contributed by atoms with van der Waals surface area (Å²) in [6.07, 6.45) is 10.2. The fourth-order valence-electron chi connectivity index (χ4n) is 4.32. The molecule has 3 heterocycles. The van der Waals surface area contributed by atoms with Crippen molar-refractivity contribution in [1.29, 1.82) is 0 Å². The van der Waals surface area contributed by atoms with Gasteiger partial charge in [0.25, 0.3) is 5.91 Å². The van der Waals surface area contributed by atoms with Gasteiger partial charge in [0.05, 0.1) is 5.56 Å². The van der Waals surface area contributed by atoms with Gasteiger partial charge in [0.1, 0.15) is 11.9 Å². The van der Waals surface area contributed by atoms with E-state index in [1.54, 1.807) is 19.2 Å². The highest BCUT2D eigenvalue weighted by molar-refractivity contribution is 5.97. The molecule has 2 saturated heterocycles. The number of nitrogens with zero attached hydrogens (tertiary/aromatic N) is 3. The minimum absolute atomic E-state index is 0.0248. The Morgan fingerprint density at radius 2 is 1.74 bits per heavy atom. The Hall–Kier alpha value is -2.11. The predicted octanol–water partition coefficient (Wildman–Crippen LogP) is 2.59. The van der Waals surface area contributed by atoms with E-state index in [-0.39, 0.29) is 11.8 Å². The number of rotatable bonds is 4. The van der Waals surface area contributed by atoms with Crippen LogP contribution in [0.3, 0.4) is 0 Å². The molecular formula is C21H30N4O2. The van der Waals surface area contributed by atoms with Gasteiger partial charge >= 0.3 is 0 Å². The summed E-state index contributed by atoms with van der Waals surface area (Å²) in [7, 11) is 0. The maximum absolute atomic E-state index is 12.6. The molecule has 6 heteroatoms. The van der Waals surface area contributed by atoms with Crippen LogP contribution in [0.4, 0.5) is 5.82 Å². The summed E-state index contributed by atoms with van der Waals surface area (Å²) >= 11 is 0. The molecule has 1 aromatic rings. The van der Waals surface area contributed by atoms with E-state index >= 15 is 0 Å². The van der Waals surface area contributed by atoms with Crippen molar-refractivity contribution in [1.82, 2.24) is 15.2 Å². The van der Waals surface area contributed by atoms with E-state index in [1.807, 2.05) is 11.0 Å². The molecule has 1 atom stereocenters. The Balaban J connectivity index is 1.30. The molecule has 1 N–H and O–H groups in total. The summed E-state index contributed by atoms with van der Waals surface area (Å²) in [6, 6.07) is 3.21. The smallest absolute Gasteiger partial charge is 0.253 e. The maximum atomic E-state index is 12.6. The van der Waals surface area contributed by atoms with Gasteiger partial charge in [-0.3, -0.25) is 9.59 Å². The zero-order valence-electron chi connectivity index (χ0n) is 16.2. The van der Waals surface area contributed by atoms with Crippen molar-refractivity contribution in [3.63, 3.8) is 0 Å². The van der Waals surface area contributed by atoms with Crippen LogP contribution >= 0.6 is 0 Å². The van der Waals surface area contributed by atoms with Crippen LogP contribution in [0.2, 0.25) is 0 Å². The first-order valence-electron chi connectivity index (χ1n) is 10.4. The molecule has 4 rings (SSSR count). The van der Waals surface area contributed by atoms with Crippen LogP contribution < -0.4 is 10.2 Å². The Kier molecular flexibility index (Phi) is 5.06. The molecule has 1 aliphatic carbocycles. The highest BCUT2D eigenvalue weighted by Gasteiger charge is 2.45. The van der Waals surface area contributed by atoms with E-state index in [1.165, 1.54) is 32.1 Å². The number of anilines is 1. The summed E-state index contributed by atoms with van der Waals surface area (Å²) in [6.45, 7) is 5.48. The van der Waals surface area contributed by atoms with Gasteiger partial charge in [0, 0.05) is 32.4 Å². The lowest BCUT2D eigenvalue weighted by molar-refractivity contribution is -0.134. The molecule has 1 saturated carbocycles.